The molecule has 0 saturated carbocycles. The molecule has 1 fully saturated rings. The van der Waals surface area contributed by atoms with Crippen LogP contribution in [-0.2, 0) is 4.74 Å². The third kappa shape index (κ3) is 6.42. The van der Waals surface area contributed by atoms with Crippen LogP contribution in [0, 0.1) is 25.7 Å². The summed E-state index contributed by atoms with van der Waals surface area (Å²) >= 11 is 0. The van der Waals surface area contributed by atoms with E-state index in [-0.39, 0.29) is 0 Å². The number of nitrogens with zero attached hydrogens (tertiary/aromatic N) is 1. The van der Waals surface area contributed by atoms with Crippen molar-refractivity contribution in [2.45, 2.75) is 40.2 Å². The summed E-state index contributed by atoms with van der Waals surface area (Å²) in [6.07, 6.45) is 0.864. The number of hydrogen-bond acceptors (Lipinski definition) is 4. The van der Waals surface area contributed by atoms with E-state index in [4.69, 9.17) is 9.47 Å². The van der Waals surface area contributed by atoms with E-state index in [1.54, 1.807) is 0 Å². The van der Waals surface area contributed by atoms with Crippen molar-refractivity contribution in [3.8, 4) is 5.75 Å². The Kier molecular flexibility index (Phi) is 7.53. The van der Waals surface area contributed by atoms with Crippen LogP contribution < -0.4 is 4.74 Å². The average molecular weight is 335 g/mol. The van der Waals surface area contributed by atoms with Gasteiger partial charge in [-0.05, 0) is 55.4 Å². The molecule has 136 valence electrons. The number of aryl methyl sites for hydroxylation is 2. The fraction of sp³-hybridized carbons (Fsp3) is 0.700. The third-order valence-corrected chi connectivity index (χ3v) is 4.70. The average Bonchev–Trinajstić information content (AvgIpc) is 2.49. The standard InChI is InChI=1S/C20H33NO3/c1-15-9-16(2)12-21(11-15)13-19(22)14-23-7-8-24-20-6-5-17(3)18(4)10-20/h5-6,10,15-16,19,22H,7-9,11-14H2,1-4H3. The summed E-state index contributed by atoms with van der Waals surface area (Å²) in [7, 11) is 0. The zero-order valence-electron chi connectivity index (χ0n) is 15.6. The predicted octanol–water partition coefficient (Wildman–Crippen LogP) is 3.04. The molecule has 1 saturated heterocycles. The SMILES string of the molecule is Cc1ccc(OCCOCC(O)CN2CC(C)CC(C)C2)cc1C. The molecule has 0 amide bonds. The van der Waals surface area contributed by atoms with Crippen LogP contribution in [0.2, 0.25) is 0 Å². The van der Waals surface area contributed by atoms with E-state index in [2.05, 4.69) is 38.7 Å². The molecule has 1 aliphatic rings. The molecule has 0 aromatic heterocycles. The number of aliphatic hydroxyl groups excluding tert-OH is 1. The van der Waals surface area contributed by atoms with Crippen LogP contribution >= 0.6 is 0 Å². The Balaban J connectivity index is 1.59. The Labute approximate surface area is 146 Å². The minimum Gasteiger partial charge on any atom is -0.491 e. The lowest BCUT2D eigenvalue weighted by Gasteiger charge is -2.35. The molecule has 0 bridgehead atoms. The number of β-amino-alcohol motifs (C(OH)–C–C–N with tert-alkyl or cyclic N) is 1. The van der Waals surface area contributed by atoms with Crippen LogP contribution in [0.15, 0.2) is 18.2 Å². The molecule has 0 spiro atoms. The largest absolute Gasteiger partial charge is 0.491 e. The Hall–Kier alpha value is -1.10. The zero-order valence-corrected chi connectivity index (χ0v) is 15.6. The third-order valence-electron chi connectivity index (χ3n) is 4.70. The highest BCUT2D eigenvalue weighted by molar-refractivity contribution is 5.33. The molecule has 3 atom stereocenters. The van der Waals surface area contributed by atoms with Gasteiger partial charge >= 0.3 is 0 Å². The fourth-order valence-electron chi connectivity index (χ4n) is 3.53. The quantitative estimate of drug-likeness (QED) is 0.742. The molecule has 1 aromatic rings. The summed E-state index contributed by atoms with van der Waals surface area (Å²) in [4.78, 5) is 2.36. The molecule has 2 rings (SSSR count). The first-order valence-corrected chi connectivity index (χ1v) is 9.12. The summed E-state index contributed by atoms with van der Waals surface area (Å²) in [5.41, 5.74) is 2.50. The molecule has 24 heavy (non-hydrogen) atoms. The lowest BCUT2D eigenvalue weighted by Crippen LogP contribution is -2.43. The second kappa shape index (κ2) is 9.40. The molecule has 1 aromatic carbocycles. The van der Waals surface area contributed by atoms with Crippen molar-refractivity contribution in [2.75, 3.05) is 39.5 Å². The van der Waals surface area contributed by atoms with Gasteiger partial charge in [0, 0.05) is 19.6 Å². The summed E-state index contributed by atoms with van der Waals surface area (Å²) < 4.78 is 11.2. The number of hydrogen-bond donors (Lipinski definition) is 1. The Morgan fingerprint density at radius 1 is 1.12 bits per heavy atom. The maximum Gasteiger partial charge on any atom is 0.119 e. The minimum atomic E-state index is -0.427. The highest BCUT2D eigenvalue weighted by Gasteiger charge is 2.23. The van der Waals surface area contributed by atoms with Crippen molar-refractivity contribution in [2.24, 2.45) is 11.8 Å². The van der Waals surface area contributed by atoms with E-state index < -0.39 is 6.10 Å². The van der Waals surface area contributed by atoms with E-state index in [0.717, 1.165) is 18.8 Å². The van der Waals surface area contributed by atoms with Crippen LogP contribution in [0.5, 0.6) is 5.75 Å². The minimum absolute atomic E-state index is 0.371. The van der Waals surface area contributed by atoms with Crippen LogP contribution in [0.3, 0.4) is 0 Å². The van der Waals surface area contributed by atoms with Crippen LogP contribution in [0.25, 0.3) is 0 Å². The normalized spacial score (nSPS) is 23.2. The van der Waals surface area contributed by atoms with E-state index in [0.29, 0.717) is 38.2 Å². The van der Waals surface area contributed by atoms with E-state index >= 15 is 0 Å². The second-order valence-electron chi connectivity index (χ2n) is 7.49. The van der Waals surface area contributed by atoms with Gasteiger partial charge in [-0.3, -0.25) is 0 Å². The van der Waals surface area contributed by atoms with Gasteiger partial charge in [0.05, 0.1) is 19.3 Å². The van der Waals surface area contributed by atoms with Gasteiger partial charge in [-0.1, -0.05) is 19.9 Å². The van der Waals surface area contributed by atoms with Gasteiger partial charge in [0.1, 0.15) is 12.4 Å². The van der Waals surface area contributed by atoms with Gasteiger partial charge in [-0.15, -0.1) is 0 Å². The van der Waals surface area contributed by atoms with Gasteiger partial charge in [-0.25, -0.2) is 0 Å². The highest BCUT2D eigenvalue weighted by Crippen LogP contribution is 2.21. The van der Waals surface area contributed by atoms with Crippen molar-refractivity contribution < 1.29 is 14.6 Å². The van der Waals surface area contributed by atoms with Crippen molar-refractivity contribution in [1.29, 1.82) is 0 Å². The van der Waals surface area contributed by atoms with Gasteiger partial charge in [0.25, 0.3) is 0 Å². The van der Waals surface area contributed by atoms with Crippen LogP contribution in [0.1, 0.15) is 31.4 Å². The molecule has 4 nitrogen and oxygen atoms in total. The highest BCUT2D eigenvalue weighted by atomic mass is 16.5. The molecule has 1 heterocycles. The lowest BCUT2D eigenvalue weighted by molar-refractivity contribution is -0.00211. The van der Waals surface area contributed by atoms with Gasteiger partial charge in [-0.2, -0.15) is 0 Å². The number of likely N-dealkylation sites (tertiary alicyclic amines) is 1. The molecular weight excluding hydrogens is 302 g/mol. The fourth-order valence-corrected chi connectivity index (χ4v) is 3.53. The number of benzene rings is 1. The maximum atomic E-state index is 10.1. The van der Waals surface area contributed by atoms with E-state index in [1.165, 1.54) is 17.5 Å². The van der Waals surface area contributed by atoms with Gasteiger partial charge in [0.2, 0.25) is 0 Å². The molecule has 0 aliphatic carbocycles. The molecule has 1 N–H and O–H groups in total. The molecule has 3 unspecified atom stereocenters. The molecular formula is C20H33NO3. The number of aliphatic hydroxyl groups is 1. The topological polar surface area (TPSA) is 41.9 Å². The lowest BCUT2D eigenvalue weighted by atomic mass is 9.92. The van der Waals surface area contributed by atoms with Gasteiger partial charge in [0.15, 0.2) is 0 Å². The first-order valence-electron chi connectivity index (χ1n) is 9.12. The molecule has 0 radical (unpaired) electrons. The van der Waals surface area contributed by atoms with Crippen molar-refractivity contribution in [3.05, 3.63) is 29.3 Å². The van der Waals surface area contributed by atoms with E-state index in [1.807, 2.05) is 12.1 Å². The predicted molar refractivity (Wildman–Crippen MR) is 97.6 cm³/mol. The van der Waals surface area contributed by atoms with Crippen LogP contribution in [-0.4, -0.2) is 55.6 Å². The second-order valence-corrected chi connectivity index (χ2v) is 7.49. The summed E-state index contributed by atoms with van der Waals surface area (Å²) in [6.45, 7) is 13.0. The summed E-state index contributed by atoms with van der Waals surface area (Å²) in [5.74, 6) is 2.31. The smallest absolute Gasteiger partial charge is 0.119 e. The van der Waals surface area contributed by atoms with E-state index in [9.17, 15) is 5.11 Å². The molecule has 4 heteroatoms. The monoisotopic (exact) mass is 335 g/mol. The number of rotatable bonds is 8. The van der Waals surface area contributed by atoms with Gasteiger partial charge < -0.3 is 19.5 Å². The Morgan fingerprint density at radius 2 is 1.83 bits per heavy atom. The first-order chi connectivity index (χ1) is 11.4. The van der Waals surface area contributed by atoms with Crippen molar-refractivity contribution >= 4 is 0 Å². The van der Waals surface area contributed by atoms with Crippen LogP contribution in [0.4, 0.5) is 0 Å². The summed E-state index contributed by atoms with van der Waals surface area (Å²) in [5, 5.41) is 10.1. The molecule has 1 aliphatic heterocycles. The maximum absolute atomic E-state index is 10.1. The Bertz CT molecular complexity index is 496. The summed E-state index contributed by atoms with van der Waals surface area (Å²) in [6, 6.07) is 6.09. The number of piperidine rings is 1. The number of ether oxygens (including phenoxy) is 2. The van der Waals surface area contributed by atoms with Crippen molar-refractivity contribution in [3.63, 3.8) is 0 Å². The Morgan fingerprint density at radius 3 is 2.50 bits per heavy atom. The zero-order chi connectivity index (χ0) is 17.5. The van der Waals surface area contributed by atoms with Crippen molar-refractivity contribution in [1.82, 2.24) is 4.90 Å². The first kappa shape index (κ1) is 19.2.